The van der Waals surface area contributed by atoms with Crippen LogP contribution in [0, 0.1) is 0 Å². The molecule has 3 N–H and O–H groups in total. The van der Waals surface area contributed by atoms with E-state index in [-0.39, 0.29) is 13.0 Å². The summed E-state index contributed by atoms with van der Waals surface area (Å²) >= 11 is 0. The SMILES string of the molecule is CC(C)(C)OC(=O)N[C@H](CC(=O)NC(c1ccccc1)(c1ccccc1)c1ccccc1)C(=O)NCc1ccccc1. The lowest BCUT2D eigenvalue weighted by Gasteiger charge is -2.37. The second-order valence-corrected chi connectivity index (χ2v) is 11.0. The Hall–Kier alpha value is -4.91. The molecule has 7 nitrogen and oxygen atoms in total. The van der Waals surface area contributed by atoms with Crippen molar-refractivity contribution in [3.8, 4) is 0 Å². The van der Waals surface area contributed by atoms with Gasteiger partial charge in [0.1, 0.15) is 17.2 Å². The van der Waals surface area contributed by atoms with E-state index in [0.717, 1.165) is 22.3 Å². The fourth-order valence-corrected chi connectivity index (χ4v) is 4.79. The van der Waals surface area contributed by atoms with Crippen LogP contribution in [0.4, 0.5) is 4.79 Å². The van der Waals surface area contributed by atoms with E-state index >= 15 is 0 Å². The van der Waals surface area contributed by atoms with Crippen molar-refractivity contribution in [1.82, 2.24) is 16.0 Å². The van der Waals surface area contributed by atoms with E-state index in [1.54, 1.807) is 20.8 Å². The average molecular weight is 564 g/mol. The highest BCUT2D eigenvalue weighted by molar-refractivity contribution is 5.91. The molecule has 0 bridgehead atoms. The lowest BCUT2D eigenvalue weighted by Crippen LogP contribution is -2.53. The van der Waals surface area contributed by atoms with E-state index in [9.17, 15) is 14.4 Å². The van der Waals surface area contributed by atoms with Gasteiger partial charge in [-0.15, -0.1) is 0 Å². The van der Waals surface area contributed by atoms with Gasteiger partial charge < -0.3 is 20.7 Å². The maximum absolute atomic E-state index is 14.0. The predicted octanol–water partition coefficient (Wildman–Crippen LogP) is 5.69. The molecule has 0 fully saturated rings. The summed E-state index contributed by atoms with van der Waals surface area (Å²) in [6.45, 7) is 5.45. The number of nitrogens with one attached hydrogen (secondary N) is 3. The van der Waals surface area contributed by atoms with Gasteiger partial charge in [-0.25, -0.2) is 4.79 Å². The Bertz CT molecular complexity index is 1360. The summed E-state index contributed by atoms with van der Waals surface area (Å²) < 4.78 is 5.41. The normalized spacial score (nSPS) is 12.1. The number of ether oxygens (including phenoxy) is 1. The molecule has 0 radical (unpaired) electrons. The minimum Gasteiger partial charge on any atom is -0.444 e. The van der Waals surface area contributed by atoms with E-state index in [4.69, 9.17) is 4.74 Å². The summed E-state index contributed by atoms with van der Waals surface area (Å²) in [6.07, 6.45) is -1.09. The van der Waals surface area contributed by atoms with Crippen molar-refractivity contribution in [2.24, 2.45) is 0 Å². The van der Waals surface area contributed by atoms with Gasteiger partial charge in [-0.1, -0.05) is 121 Å². The van der Waals surface area contributed by atoms with Crippen molar-refractivity contribution in [3.05, 3.63) is 144 Å². The maximum Gasteiger partial charge on any atom is 0.408 e. The lowest BCUT2D eigenvalue weighted by atomic mass is 9.77. The van der Waals surface area contributed by atoms with Crippen molar-refractivity contribution in [1.29, 1.82) is 0 Å². The van der Waals surface area contributed by atoms with Crippen LogP contribution in [0.2, 0.25) is 0 Å². The molecule has 0 spiro atoms. The molecule has 0 saturated heterocycles. The molecular weight excluding hydrogens is 526 g/mol. The van der Waals surface area contributed by atoms with Crippen molar-refractivity contribution in [3.63, 3.8) is 0 Å². The number of rotatable bonds is 10. The smallest absolute Gasteiger partial charge is 0.408 e. The number of hydrogen-bond donors (Lipinski definition) is 3. The summed E-state index contributed by atoms with van der Waals surface area (Å²) in [4.78, 5) is 40.1. The van der Waals surface area contributed by atoms with Crippen LogP contribution in [0.5, 0.6) is 0 Å². The summed E-state index contributed by atoms with van der Waals surface area (Å²) in [5.74, 6) is -0.924. The quantitative estimate of drug-likeness (QED) is 0.216. The predicted molar refractivity (Wildman–Crippen MR) is 163 cm³/mol. The third kappa shape index (κ3) is 7.85. The monoisotopic (exact) mass is 563 g/mol. The van der Waals surface area contributed by atoms with Crippen molar-refractivity contribution < 1.29 is 19.1 Å². The Labute approximate surface area is 247 Å². The number of alkyl carbamates (subject to hydrolysis) is 1. The summed E-state index contributed by atoms with van der Waals surface area (Å²) in [6, 6.07) is 37.3. The number of carbonyl (C=O) groups excluding carboxylic acids is 3. The lowest BCUT2D eigenvalue weighted by molar-refractivity contribution is -0.129. The second-order valence-electron chi connectivity index (χ2n) is 11.0. The number of amides is 3. The highest BCUT2D eigenvalue weighted by Crippen LogP contribution is 2.36. The molecule has 0 aliphatic heterocycles. The van der Waals surface area contributed by atoms with E-state index in [1.165, 1.54) is 0 Å². The van der Waals surface area contributed by atoms with Gasteiger partial charge in [0.15, 0.2) is 0 Å². The minimum atomic E-state index is -1.18. The molecule has 4 aromatic rings. The van der Waals surface area contributed by atoms with Gasteiger partial charge in [-0.2, -0.15) is 0 Å². The van der Waals surface area contributed by atoms with Gasteiger partial charge in [0, 0.05) is 6.54 Å². The summed E-state index contributed by atoms with van der Waals surface area (Å²) in [5.41, 5.74) is 1.60. The van der Waals surface area contributed by atoms with Gasteiger partial charge in [0.05, 0.1) is 6.42 Å². The van der Waals surface area contributed by atoms with E-state index in [1.807, 2.05) is 121 Å². The van der Waals surface area contributed by atoms with Gasteiger partial charge >= 0.3 is 6.09 Å². The number of hydrogen-bond acceptors (Lipinski definition) is 4. The first-order valence-corrected chi connectivity index (χ1v) is 14.0. The van der Waals surface area contributed by atoms with Crippen LogP contribution in [0.25, 0.3) is 0 Å². The second kappa shape index (κ2) is 13.6. The van der Waals surface area contributed by atoms with Crippen LogP contribution in [0.3, 0.4) is 0 Å². The molecule has 0 aliphatic carbocycles. The van der Waals surface area contributed by atoms with Crippen LogP contribution in [0.1, 0.15) is 49.4 Å². The Morgan fingerprint density at radius 2 is 1.10 bits per heavy atom. The van der Waals surface area contributed by atoms with Crippen molar-refractivity contribution in [2.45, 2.75) is 50.9 Å². The molecular formula is C35H37N3O4. The van der Waals surface area contributed by atoms with Crippen LogP contribution in [-0.2, 0) is 26.4 Å². The maximum atomic E-state index is 14.0. The molecule has 4 rings (SSSR count). The molecule has 7 heteroatoms. The van der Waals surface area contributed by atoms with Crippen LogP contribution in [-0.4, -0.2) is 29.6 Å². The third-order valence-corrected chi connectivity index (χ3v) is 6.65. The zero-order valence-electron chi connectivity index (χ0n) is 24.2. The first-order chi connectivity index (χ1) is 20.2. The Morgan fingerprint density at radius 3 is 1.52 bits per heavy atom. The van der Waals surface area contributed by atoms with E-state index in [2.05, 4.69) is 16.0 Å². The molecule has 1 atom stereocenters. The highest BCUT2D eigenvalue weighted by atomic mass is 16.6. The first-order valence-electron chi connectivity index (χ1n) is 14.0. The molecule has 3 amide bonds. The Morgan fingerprint density at radius 1 is 0.667 bits per heavy atom. The van der Waals surface area contributed by atoms with Crippen molar-refractivity contribution in [2.75, 3.05) is 0 Å². The first kappa shape index (κ1) is 30.1. The van der Waals surface area contributed by atoms with Crippen LogP contribution < -0.4 is 16.0 Å². The third-order valence-electron chi connectivity index (χ3n) is 6.65. The molecule has 216 valence electrons. The highest BCUT2D eigenvalue weighted by Gasteiger charge is 2.39. The summed E-state index contributed by atoms with van der Waals surface area (Å²) in [7, 11) is 0. The van der Waals surface area contributed by atoms with E-state index in [0.29, 0.717) is 0 Å². The minimum absolute atomic E-state index is 0.246. The molecule has 42 heavy (non-hydrogen) atoms. The van der Waals surface area contributed by atoms with Crippen molar-refractivity contribution >= 4 is 17.9 Å². The molecule has 0 saturated carbocycles. The van der Waals surface area contributed by atoms with Gasteiger partial charge in [0.2, 0.25) is 11.8 Å². The zero-order chi connectivity index (χ0) is 30.0. The topological polar surface area (TPSA) is 96.5 Å². The van der Waals surface area contributed by atoms with E-state index < -0.39 is 35.1 Å². The fourth-order valence-electron chi connectivity index (χ4n) is 4.79. The molecule has 0 aliphatic rings. The molecule has 4 aromatic carbocycles. The average Bonchev–Trinajstić information content (AvgIpc) is 2.99. The largest absolute Gasteiger partial charge is 0.444 e. The number of carbonyl (C=O) groups is 3. The molecule has 0 heterocycles. The van der Waals surface area contributed by atoms with Crippen LogP contribution in [0.15, 0.2) is 121 Å². The fraction of sp³-hybridized carbons (Fsp3) is 0.229. The number of benzene rings is 4. The van der Waals surface area contributed by atoms with Crippen LogP contribution >= 0.6 is 0 Å². The summed E-state index contributed by atoms with van der Waals surface area (Å²) in [5, 5.41) is 8.70. The van der Waals surface area contributed by atoms with Gasteiger partial charge in [-0.05, 0) is 43.0 Å². The van der Waals surface area contributed by atoms with Gasteiger partial charge in [-0.3, -0.25) is 9.59 Å². The molecule has 0 aromatic heterocycles. The Kier molecular flexibility index (Phi) is 9.76. The Balaban J connectivity index is 1.66. The zero-order valence-corrected chi connectivity index (χ0v) is 24.2. The standard InChI is InChI=1S/C35H37N3O4/c1-34(2,3)42-33(41)37-30(32(40)36-25-26-16-8-4-9-17-26)24-31(39)38-35(27-18-10-5-11-19-27,28-20-12-6-13-21-28)29-22-14-7-15-23-29/h4-23,30H,24-25H2,1-3H3,(H,36,40)(H,37,41)(H,38,39)/t30-/m1/s1. The molecule has 0 unspecified atom stereocenters. The van der Waals surface area contributed by atoms with Gasteiger partial charge in [0.25, 0.3) is 0 Å².